The third-order valence-corrected chi connectivity index (χ3v) is 9.25. The Kier molecular flexibility index (Phi) is 6.84. The molecule has 9 aromatic rings. The molecule has 0 atom stereocenters. The Balaban J connectivity index is 1.27. The lowest BCUT2D eigenvalue weighted by molar-refractivity contribution is 0.673. The summed E-state index contributed by atoms with van der Waals surface area (Å²) in [5, 5.41) is 4.52. The standard InChI is InChI=1S/C46H31NO/c1-4-12-32(13-5-1)34-20-25-38(26-21-34)47(39-27-22-35(23-28-39)33-14-6-2-7-15-33)40-30-37-24-29-42-41-18-10-11-19-44(41)48-46(42)45(37)43(31-40)36-16-8-3-9-17-36/h1-31H. The van der Waals surface area contributed by atoms with Crippen molar-refractivity contribution in [3.8, 4) is 33.4 Å². The van der Waals surface area contributed by atoms with Gasteiger partial charge in [0, 0.05) is 33.2 Å². The average molecular weight is 614 g/mol. The van der Waals surface area contributed by atoms with Gasteiger partial charge in [0.2, 0.25) is 0 Å². The fourth-order valence-electron chi connectivity index (χ4n) is 6.91. The van der Waals surface area contributed by atoms with Crippen molar-refractivity contribution >= 4 is 49.8 Å². The van der Waals surface area contributed by atoms with Gasteiger partial charge in [-0.05, 0) is 87.3 Å². The van der Waals surface area contributed by atoms with Crippen LogP contribution >= 0.6 is 0 Å². The maximum atomic E-state index is 6.59. The fraction of sp³-hybridized carbons (Fsp3) is 0. The van der Waals surface area contributed by atoms with Gasteiger partial charge in [-0.15, -0.1) is 0 Å². The van der Waals surface area contributed by atoms with Crippen molar-refractivity contribution in [2.45, 2.75) is 0 Å². The van der Waals surface area contributed by atoms with Gasteiger partial charge in [-0.2, -0.15) is 0 Å². The van der Waals surface area contributed by atoms with Crippen molar-refractivity contribution < 1.29 is 4.42 Å². The number of rotatable bonds is 6. The van der Waals surface area contributed by atoms with Crippen LogP contribution in [-0.2, 0) is 0 Å². The number of hydrogen-bond donors (Lipinski definition) is 0. The summed E-state index contributed by atoms with van der Waals surface area (Å²) in [4.78, 5) is 2.36. The number of anilines is 3. The van der Waals surface area contributed by atoms with Gasteiger partial charge < -0.3 is 9.32 Å². The Morgan fingerprint density at radius 1 is 0.354 bits per heavy atom. The highest BCUT2D eigenvalue weighted by molar-refractivity contribution is 6.19. The maximum Gasteiger partial charge on any atom is 0.143 e. The Morgan fingerprint density at radius 3 is 1.44 bits per heavy atom. The lowest BCUT2D eigenvalue weighted by Crippen LogP contribution is -2.10. The molecule has 0 N–H and O–H groups in total. The Bertz CT molecular complexity index is 2430. The van der Waals surface area contributed by atoms with Crippen LogP contribution in [0.3, 0.4) is 0 Å². The van der Waals surface area contributed by atoms with Gasteiger partial charge in [0.1, 0.15) is 11.2 Å². The van der Waals surface area contributed by atoms with E-state index < -0.39 is 0 Å². The van der Waals surface area contributed by atoms with E-state index in [4.69, 9.17) is 4.42 Å². The molecule has 2 heteroatoms. The topological polar surface area (TPSA) is 16.4 Å². The molecule has 0 bridgehead atoms. The van der Waals surface area contributed by atoms with E-state index in [9.17, 15) is 0 Å². The fourth-order valence-corrected chi connectivity index (χ4v) is 6.91. The average Bonchev–Trinajstić information content (AvgIpc) is 3.55. The molecule has 0 aliphatic carbocycles. The van der Waals surface area contributed by atoms with E-state index >= 15 is 0 Å². The van der Waals surface area contributed by atoms with Crippen molar-refractivity contribution in [3.05, 3.63) is 188 Å². The van der Waals surface area contributed by atoms with Crippen molar-refractivity contribution in [2.75, 3.05) is 4.90 Å². The summed E-state index contributed by atoms with van der Waals surface area (Å²) in [5.41, 5.74) is 12.2. The van der Waals surface area contributed by atoms with Gasteiger partial charge in [-0.25, -0.2) is 0 Å². The van der Waals surface area contributed by atoms with Crippen LogP contribution in [0.25, 0.3) is 66.1 Å². The Morgan fingerprint density at radius 2 is 0.854 bits per heavy atom. The van der Waals surface area contributed by atoms with Gasteiger partial charge in [0.15, 0.2) is 0 Å². The van der Waals surface area contributed by atoms with Gasteiger partial charge in [0.25, 0.3) is 0 Å². The molecule has 1 aromatic heterocycles. The zero-order chi connectivity index (χ0) is 31.9. The minimum absolute atomic E-state index is 0.904. The van der Waals surface area contributed by atoms with Crippen LogP contribution in [-0.4, -0.2) is 0 Å². The first-order valence-corrected chi connectivity index (χ1v) is 16.3. The minimum Gasteiger partial charge on any atom is -0.455 e. The SMILES string of the molecule is c1ccc(-c2ccc(N(c3ccc(-c4ccccc4)cc3)c3cc(-c4ccccc4)c4c(ccc5c6ccccc6oc54)c3)cc2)cc1. The molecule has 1 heterocycles. The van der Waals surface area contributed by atoms with Crippen LogP contribution in [0.1, 0.15) is 0 Å². The van der Waals surface area contributed by atoms with Crippen molar-refractivity contribution in [3.63, 3.8) is 0 Å². The Hall–Kier alpha value is -6.38. The molecule has 0 aliphatic heterocycles. The number of hydrogen-bond acceptors (Lipinski definition) is 2. The maximum absolute atomic E-state index is 6.59. The molecule has 0 aliphatic rings. The van der Waals surface area contributed by atoms with Crippen LogP contribution in [0.4, 0.5) is 17.1 Å². The van der Waals surface area contributed by atoms with E-state index in [-0.39, 0.29) is 0 Å². The molecule has 2 nitrogen and oxygen atoms in total. The number of benzene rings is 8. The zero-order valence-corrected chi connectivity index (χ0v) is 26.3. The second-order valence-electron chi connectivity index (χ2n) is 12.2. The van der Waals surface area contributed by atoms with E-state index in [0.717, 1.165) is 60.9 Å². The molecular formula is C46H31NO. The second-order valence-corrected chi connectivity index (χ2v) is 12.2. The van der Waals surface area contributed by atoms with Gasteiger partial charge >= 0.3 is 0 Å². The lowest BCUT2D eigenvalue weighted by Gasteiger charge is -2.27. The molecule has 8 aromatic carbocycles. The number of nitrogens with zero attached hydrogens (tertiary/aromatic N) is 1. The van der Waals surface area contributed by atoms with Crippen molar-refractivity contribution in [1.82, 2.24) is 0 Å². The van der Waals surface area contributed by atoms with Crippen LogP contribution in [0.2, 0.25) is 0 Å². The van der Waals surface area contributed by atoms with Crippen molar-refractivity contribution in [1.29, 1.82) is 0 Å². The summed E-state index contributed by atoms with van der Waals surface area (Å²) in [7, 11) is 0. The van der Waals surface area contributed by atoms with E-state index in [0.29, 0.717) is 0 Å². The largest absolute Gasteiger partial charge is 0.455 e. The van der Waals surface area contributed by atoms with Gasteiger partial charge in [-0.3, -0.25) is 0 Å². The summed E-state index contributed by atoms with van der Waals surface area (Å²) in [6, 6.07) is 66.9. The first-order valence-electron chi connectivity index (χ1n) is 16.3. The molecule has 9 rings (SSSR count). The minimum atomic E-state index is 0.904. The Labute approximate surface area is 279 Å². The first-order chi connectivity index (χ1) is 23.8. The molecule has 0 saturated heterocycles. The molecule has 48 heavy (non-hydrogen) atoms. The summed E-state index contributed by atoms with van der Waals surface area (Å²) in [6.45, 7) is 0. The van der Waals surface area contributed by atoms with Gasteiger partial charge in [-0.1, -0.05) is 140 Å². The molecule has 0 unspecified atom stereocenters. The molecule has 0 spiro atoms. The van der Waals surface area contributed by atoms with E-state index in [1.54, 1.807) is 0 Å². The predicted molar refractivity (Wildman–Crippen MR) is 202 cm³/mol. The van der Waals surface area contributed by atoms with Crippen LogP contribution in [0.15, 0.2) is 192 Å². The van der Waals surface area contributed by atoms with E-state index in [2.05, 4.69) is 187 Å². The second kappa shape index (κ2) is 11.8. The van der Waals surface area contributed by atoms with E-state index in [1.807, 2.05) is 6.07 Å². The molecule has 0 fully saturated rings. The summed E-state index contributed by atoms with van der Waals surface area (Å²) < 4.78 is 6.59. The summed E-state index contributed by atoms with van der Waals surface area (Å²) in [6.07, 6.45) is 0. The highest BCUT2D eigenvalue weighted by Gasteiger charge is 2.20. The van der Waals surface area contributed by atoms with E-state index in [1.165, 1.54) is 22.3 Å². The molecule has 0 saturated carbocycles. The number of para-hydroxylation sites is 1. The smallest absolute Gasteiger partial charge is 0.143 e. The molecular weight excluding hydrogens is 583 g/mol. The normalized spacial score (nSPS) is 11.3. The van der Waals surface area contributed by atoms with Crippen LogP contribution in [0, 0.1) is 0 Å². The van der Waals surface area contributed by atoms with Crippen LogP contribution < -0.4 is 4.90 Å². The highest BCUT2D eigenvalue weighted by Crippen LogP contribution is 2.44. The molecule has 226 valence electrons. The zero-order valence-electron chi connectivity index (χ0n) is 26.3. The third kappa shape index (κ3) is 4.92. The third-order valence-electron chi connectivity index (χ3n) is 9.25. The predicted octanol–water partition coefficient (Wildman–Crippen LogP) is 13.2. The number of furan rings is 1. The molecule has 0 radical (unpaired) electrons. The first kappa shape index (κ1) is 27.9. The van der Waals surface area contributed by atoms with Crippen LogP contribution in [0.5, 0.6) is 0 Å². The summed E-state index contributed by atoms with van der Waals surface area (Å²) in [5.74, 6) is 0. The molecule has 0 amide bonds. The van der Waals surface area contributed by atoms with Gasteiger partial charge in [0.05, 0.1) is 0 Å². The van der Waals surface area contributed by atoms with Crippen molar-refractivity contribution in [2.24, 2.45) is 0 Å². The number of fused-ring (bicyclic) bond motifs is 5. The monoisotopic (exact) mass is 613 g/mol. The lowest BCUT2D eigenvalue weighted by atomic mass is 9.95. The highest BCUT2D eigenvalue weighted by atomic mass is 16.3. The quantitative estimate of drug-likeness (QED) is 0.185. The summed E-state index contributed by atoms with van der Waals surface area (Å²) >= 11 is 0.